The van der Waals surface area contributed by atoms with Crippen LogP contribution < -0.4 is 10.1 Å². The fraction of sp³-hybridized carbons (Fsp3) is 0.462. The Bertz CT molecular complexity index is 935. The predicted octanol–water partition coefficient (Wildman–Crippen LogP) is 6.02. The summed E-state index contributed by atoms with van der Waals surface area (Å²) in [6, 6.07) is 11.2. The number of amides is 1. The summed E-state index contributed by atoms with van der Waals surface area (Å²) < 4.78 is 24.6. The first kappa shape index (κ1) is 23.8. The lowest BCUT2D eigenvalue weighted by molar-refractivity contribution is -0.122. The van der Waals surface area contributed by atoms with Gasteiger partial charge in [0.1, 0.15) is 17.1 Å². The molecular weight excluding hydrogens is 409 g/mol. The Morgan fingerprint density at radius 1 is 1.06 bits per heavy atom. The molecular formula is C26H32FNO4. The minimum Gasteiger partial charge on any atom is -0.490 e. The van der Waals surface area contributed by atoms with Crippen LogP contribution in [0.25, 0.3) is 0 Å². The highest BCUT2D eigenvalue weighted by molar-refractivity contribution is 6.01. The molecule has 0 unspecified atom stereocenters. The second kappa shape index (κ2) is 10.6. The maximum absolute atomic E-state index is 13.5. The normalized spacial score (nSPS) is 16.1. The van der Waals surface area contributed by atoms with Crippen LogP contribution in [0.15, 0.2) is 42.5 Å². The van der Waals surface area contributed by atoms with E-state index < -0.39 is 11.4 Å². The molecule has 0 aromatic heterocycles. The summed E-state index contributed by atoms with van der Waals surface area (Å²) in [5.74, 6) is -0.528. The van der Waals surface area contributed by atoms with Crippen molar-refractivity contribution in [2.45, 2.75) is 70.8 Å². The number of esters is 1. The zero-order valence-electron chi connectivity index (χ0n) is 19.1. The van der Waals surface area contributed by atoms with Crippen molar-refractivity contribution in [3.8, 4) is 5.75 Å². The molecule has 0 spiro atoms. The first-order valence-corrected chi connectivity index (χ1v) is 11.4. The second-order valence-corrected chi connectivity index (χ2v) is 8.37. The summed E-state index contributed by atoms with van der Waals surface area (Å²) in [4.78, 5) is 26.1. The number of carbonyl (C=O) groups is 2. The van der Waals surface area contributed by atoms with Crippen LogP contribution in [-0.2, 0) is 14.9 Å². The van der Waals surface area contributed by atoms with Crippen LogP contribution in [-0.4, -0.2) is 24.6 Å². The fourth-order valence-electron chi connectivity index (χ4n) is 4.20. The van der Waals surface area contributed by atoms with Gasteiger partial charge in [0.25, 0.3) is 0 Å². The molecule has 1 aliphatic rings. The topological polar surface area (TPSA) is 64.6 Å². The van der Waals surface area contributed by atoms with Crippen LogP contribution in [0.2, 0.25) is 0 Å². The molecule has 6 heteroatoms. The first-order valence-electron chi connectivity index (χ1n) is 11.4. The van der Waals surface area contributed by atoms with Gasteiger partial charge < -0.3 is 14.8 Å². The molecule has 0 heterocycles. The fourth-order valence-corrected chi connectivity index (χ4v) is 4.20. The summed E-state index contributed by atoms with van der Waals surface area (Å²) >= 11 is 0. The average Bonchev–Trinajstić information content (AvgIpc) is 2.80. The monoisotopic (exact) mass is 441 g/mol. The number of benzene rings is 2. The van der Waals surface area contributed by atoms with E-state index >= 15 is 0 Å². The van der Waals surface area contributed by atoms with E-state index in [0.29, 0.717) is 24.3 Å². The lowest BCUT2D eigenvalue weighted by Crippen LogP contribution is -2.42. The average molecular weight is 442 g/mol. The van der Waals surface area contributed by atoms with Crippen LogP contribution in [0, 0.1) is 5.82 Å². The maximum atomic E-state index is 13.5. The molecule has 0 bridgehead atoms. The Kier molecular flexibility index (Phi) is 7.89. The van der Waals surface area contributed by atoms with Crippen molar-refractivity contribution in [3.05, 3.63) is 59.4 Å². The summed E-state index contributed by atoms with van der Waals surface area (Å²) in [5, 5.41) is 3.00. The van der Waals surface area contributed by atoms with Crippen molar-refractivity contribution in [1.29, 1.82) is 0 Å². The predicted molar refractivity (Wildman–Crippen MR) is 123 cm³/mol. The van der Waals surface area contributed by atoms with E-state index in [1.165, 1.54) is 12.1 Å². The number of halogens is 1. The highest BCUT2D eigenvalue weighted by atomic mass is 19.1. The number of nitrogens with one attached hydrogen (secondary N) is 1. The minimum atomic E-state index is -0.720. The third kappa shape index (κ3) is 5.29. The van der Waals surface area contributed by atoms with Crippen LogP contribution >= 0.6 is 0 Å². The number of rotatable bonds is 8. The number of hydrogen-bond donors (Lipinski definition) is 1. The van der Waals surface area contributed by atoms with Gasteiger partial charge in [-0.1, -0.05) is 38.3 Å². The molecule has 32 heavy (non-hydrogen) atoms. The minimum absolute atomic E-state index is 0.0624. The maximum Gasteiger partial charge on any atom is 0.341 e. The summed E-state index contributed by atoms with van der Waals surface area (Å²) in [5.41, 5.74) is 0.881. The van der Waals surface area contributed by atoms with Gasteiger partial charge in [-0.05, 0) is 69.0 Å². The molecule has 1 saturated carbocycles. The van der Waals surface area contributed by atoms with E-state index in [1.54, 1.807) is 37.3 Å². The van der Waals surface area contributed by atoms with Crippen LogP contribution in [0.4, 0.5) is 10.1 Å². The Balaban J connectivity index is 1.91. The van der Waals surface area contributed by atoms with Gasteiger partial charge in [0, 0.05) is 5.69 Å². The van der Waals surface area contributed by atoms with E-state index in [0.717, 1.165) is 31.2 Å². The second-order valence-electron chi connectivity index (χ2n) is 8.37. The lowest BCUT2D eigenvalue weighted by atomic mass is 9.68. The molecule has 172 valence electrons. The van der Waals surface area contributed by atoms with Crippen molar-refractivity contribution in [1.82, 2.24) is 0 Å². The van der Waals surface area contributed by atoms with E-state index in [-0.39, 0.29) is 30.0 Å². The van der Waals surface area contributed by atoms with Crippen molar-refractivity contribution in [2.75, 3.05) is 11.9 Å². The third-order valence-electron chi connectivity index (χ3n) is 6.17. The largest absolute Gasteiger partial charge is 0.490 e. The van der Waals surface area contributed by atoms with Gasteiger partial charge in [-0.25, -0.2) is 9.18 Å². The van der Waals surface area contributed by atoms with Crippen molar-refractivity contribution in [3.63, 3.8) is 0 Å². The van der Waals surface area contributed by atoms with E-state index in [2.05, 4.69) is 5.32 Å². The van der Waals surface area contributed by atoms with E-state index in [1.807, 2.05) is 13.8 Å². The van der Waals surface area contributed by atoms with Gasteiger partial charge in [-0.15, -0.1) is 0 Å². The molecule has 3 rings (SSSR count). The summed E-state index contributed by atoms with van der Waals surface area (Å²) in [6.07, 6.45) is 5.06. The molecule has 1 aliphatic carbocycles. The number of carbonyl (C=O) groups excluding carboxylic acids is 2. The van der Waals surface area contributed by atoms with Gasteiger partial charge in [-0.3, -0.25) is 4.79 Å². The number of ether oxygens (including phenoxy) is 2. The number of hydrogen-bond acceptors (Lipinski definition) is 4. The lowest BCUT2D eigenvalue weighted by Gasteiger charge is -2.36. The first-order chi connectivity index (χ1) is 15.4. The molecule has 1 atom stereocenters. The Morgan fingerprint density at radius 2 is 1.75 bits per heavy atom. The molecule has 2 aromatic carbocycles. The van der Waals surface area contributed by atoms with Crippen molar-refractivity contribution in [2.24, 2.45) is 0 Å². The van der Waals surface area contributed by atoms with Crippen molar-refractivity contribution < 1.29 is 23.5 Å². The van der Waals surface area contributed by atoms with Gasteiger partial charge in [0.2, 0.25) is 5.91 Å². The third-order valence-corrected chi connectivity index (χ3v) is 6.17. The van der Waals surface area contributed by atoms with Crippen LogP contribution in [0.3, 0.4) is 0 Å². The molecule has 5 nitrogen and oxygen atoms in total. The molecule has 2 aromatic rings. The quantitative estimate of drug-likeness (QED) is 0.509. The van der Waals surface area contributed by atoms with E-state index in [4.69, 9.17) is 9.47 Å². The molecule has 0 aliphatic heterocycles. The molecule has 0 saturated heterocycles. The molecule has 0 radical (unpaired) electrons. The Labute approximate surface area is 189 Å². The molecule has 1 fully saturated rings. The molecule has 1 N–H and O–H groups in total. The van der Waals surface area contributed by atoms with Crippen LogP contribution in [0.1, 0.15) is 75.2 Å². The van der Waals surface area contributed by atoms with Gasteiger partial charge in [0.05, 0.1) is 18.1 Å². The Morgan fingerprint density at radius 3 is 2.38 bits per heavy atom. The number of anilines is 1. The van der Waals surface area contributed by atoms with Gasteiger partial charge >= 0.3 is 5.97 Å². The zero-order chi connectivity index (χ0) is 23.1. The van der Waals surface area contributed by atoms with Gasteiger partial charge in [-0.2, -0.15) is 0 Å². The smallest absolute Gasteiger partial charge is 0.341 e. The Hall–Kier alpha value is -2.89. The summed E-state index contributed by atoms with van der Waals surface area (Å²) in [7, 11) is 0. The van der Waals surface area contributed by atoms with Crippen molar-refractivity contribution >= 4 is 17.6 Å². The molecule has 1 amide bonds. The van der Waals surface area contributed by atoms with Gasteiger partial charge in [0.15, 0.2) is 0 Å². The van der Waals surface area contributed by atoms with Crippen LogP contribution in [0.5, 0.6) is 5.75 Å². The SMILES string of the molecule is CCOC(=O)c1cc(NC(=O)C2(c3ccc(F)cc3)CCCCC2)ccc1O[C@H](C)CC. The highest BCUT2D eigenvalue weighted by Crippen LogP contribution is 2.41. The standard InChI is InChI=1S/C26H32FNO4/c1-4-18(3)32-23-14-13-21(17-22(23)24(29)31-5-2)28-25(30)26(15-7-6-8-16-26)19-9-11-20(27)12-10-19/h9-14,17-18H,4-8,15-16H2,1-3H3,(H,28,30)/t18-/m1/s1. The summed E-state index contributed by atoms with van der Waals surface area (Å²) in [6.45, 7) is 5.92. The zero-order valence-corrected chi connectivity index (χ0v) is 19.1. The highest BCUT2D eigenvalue weighted by Gasteiger charge is 2.41. The van der Waals surface area contributed by atoms with E-state index in [9.17, 15) is 14.0 Å².